The lowest BCUT2D eigenvalue weighted by Gasteiger charge is -2.58. The van der Waals surface area contributed by atoms with Crippen molar-refractivity contribution in [3.05, 3.63) is 11.6 Å². The predicted molar refractivity (Wildman–Crippen MR) is 166 cm³/mol. The Balaban J connectivity index is 1.36. The highest BCUT2D eigenvalue weighted by Crippen LogP contribution is 2.67. The molecule has 9 nitrogen and oxygen atoms in total. The number of aliphatic hydroxyl groups excluding tert-OH is 7. The maximum absolute atomic E-state index is 12.8. The Labute approximate surface area is 263 Å². The number of hydrogen-bond donors (Lipinski definition) is 7. The lowest BCUT2D eigenvalue weighted by atomic mass is 9.47. The first-order valence-corrected chi connectivity index (χ1v) is 17.2. The smallest absolute Gasteiger partial charge is 0.338 e. The maximum atomic E-state index is 12.8. The van der Waals surface area contributed by atoms with Gasteiger partial charge in [-0.3, -0.25) is 0 Å². The van der Waals surface area contributed by atoms with E-state index in [4.69, 9.17) is 9.84 Å². The molecule has 0 aromatic rings. The van der Waals surface area contributed by atoms with Crippen molar-refractivity contribution in [2.75, 3.05) is 6.61 Å². The van der Waals surface area contributed by atoms with E-state index in [1.54, 1.807) is 0 Å². The van der Waals surface area contributed by atoms with Gasteiger partial charge in [-0.05, 0) is 91.3 Å². The minimum atomic E-state index is -2.16. The highest BCUT2D eigenvalue weighted by Gasteiger charge is 2.59. The summed E-state index contributed by atoms with van der Waals surface area (Å²) in [6.07, 6.45) is 1.87. The van der Waals surface area contributed by atoms with Gasteiger partial charge in [-0.1, -0.05) is 65.5 Å². The van der Waals surface area contributed by atoms with Gasteiger partial charge in [0.25, 0.3) is 0 Å². The van der Waals surface area contributed by atoms with E-state index in [2.05, 4.69) is 40.7 Å². The maximum Gasteiger partial charge on any atom is 0.338 e. The first-order chi connectivity index (χ1) is 20.6. The van der Waals surface area contributed by atoms with Gasteiger partial charge < -0.3 is 40.5 Å². The van der Waals surface area contributed by atoms with Crippen molar-refractivity contribution in [3.63, 3.8) is 0 Å². The number of ether oxygens (including phenoxy) is 1. The fourth-order valence-corrected chi connectivity index (χ4v) is 10.1. The van der Waals surface area contributed by atoms with Crippen molar-refractivity contribution in [1.29, 1.82) is 0 Å². The monoisotopic (exact) mass is 624 g/mol. The molecule has 14 atom stereocenters. The van der Waals surface area contributed by atoms with Gasteiger partial charge in [0, 0.05) is 6.42 Å². The van der Waals surface area contributed by atoms with E-state index in [0.717, 1.165) is 36.5 Å². The Morgan fingerprint density at radius 2 is 1.57 bits per heavy atom. The number of fused-ring (bicyclic) bond motifs is 5. The summed E-state index contributed by atoms with van der Waals surface area (Å²) in [5, 5.41) is 69.2. The molecule has 3 saturated carbocycles. The van der Waals surface area contributed by atoms with Crippen molar-refractivity contribution in [2.24, 2.45) is 46.3 Å². The molecule has 4 aliphatic carbocycles. The second-order valence-electron chi connectivity index (χ2n) is 15.7. The first kappa shape index (κ1) is 35.8. The second kappa shape index (κ2) is 14.4. The van der Waals surface area contributed by atoms with Gasteiger partial charge in [0.1, 0.15) is 36.6 Å². The highest BCUT2D eigenvalue weighted by atomic mass is 16.6. The zero-order valence-electron chi connectivity index (χ0n) is 27.5. The zero-order valence-corrected chi connectivity index (χ0v) is 27.5. The van der Waals surface area contributed by atoms with Crippen LogP contribution in [0, 0.1) is 46.3 Å². The summed E-state index contributed by atoms with van der Waals surface area (Å²) in [5.74, 6) is 3.26. The third-order valence-corrected chi connectivity index (χ3v) is 12.7. The molecule has 254 valence electrons. The zero-order chi connectivity index (χ0) is 32.6. The minimum Gasteiger partial charge on any atom is -0.460 e. The average molecular weight is 625 g/mol. The molecule has 4 rings (SSSR count). The predicted octanol–water partition coefficient (Wildman–Crippen LogP) is 3.10. The molecule has 0 saturated heterocycles. The quantitative estimate of drug-likeness (QED) is 0.120. The summed E-state index contributed by atoms with van der Waals surface area (Å²) in [4.78, 5) is 12.8. The number of rotatable bonds is 13. The van der Waals surface area contributed by atoms with Crippen molar-refractivity contribution >= 4 is 5.97 Å². The van der Waals surface area contributed by atoms with Crippen LogP contribution in [0.2, 0.25) is 0 Å². The molecule has 0 aromatic carbocycles. The Hall–Kier alpha value is -1.07. The van der Waals surface area contributed by atoms with E-state index >= 15 is 0 Å². The summed E-state index contributed by atoms with van der Waals surface area (Å²) < 4.78 is 5.60. The molecule has 0 spiro atoms. The molecule has 9 heteroatoms. The molecule has 0 bridgehead atoms. The van der Waals surface area contributed by atoms with E-state index in [0.29, 0.717) is 30.1 Å². The average Bonchev–Trinajstić information content (AvgIpc) is 3.35. The fraction of sp³-hybridized carbons (Fsp3) is 0.914. The van der Waals surface area contributed by atoms with Crippen LogP contribution in [0.3, 0.4) is 0 Å². The number of carbonyl (C=O) groups excluding carboxylic acids is 1. The van der Waals surface area contributed by atoms with Gasteiger partial charge in [-0.25, -0.2) is 4.79 Å². The number of carbonyl (C=O) groups is 1. The number of aliphatic hydroxyl groups is 7. The summed E-state index contributed by atoms with van der Waals surface area (Å²) in [5.41, 5.74) is 1.78. The molecule has 0 amide bonds. The van der Waals surface area contributed by atoms with E-state index in [-0.39, 0.29) is 5.41 Å². The molecule has 7 N–H and O–H groups in total. The van der Waals surface area contributed by atoms with E-state index in [1.807, 2.05) is 0 Å². The molecular formula is C35H60O9. The lowest BCUT2D eigenvalue weighted by Crippen LogP contribution is -2.54. The van der Waals surface area contributed by atoms with Crippen LogP contribution in [0.15, 0.2) is 11.6 Å². The van der Waals surface area contributed by atoms with Gasteiger partial charge in [0.05, 0.1) is 6.61 Å². The molecule has 44 heavy (non-hydrogen) atoms. The standard InChI is InChI=1S/C35H60O9/c1-19(2)7-6-8-20(3)24-11-12-25-23-10-9-21-17-22(13-15-34(21,4)26(23)14-16-35(24,25)5)44-33(43)32(42)31(41)30(40)29(39)28(38)27(37)18-36/h9,19-20,22-32,36-42H,6-8,10-18H2,1-5H3/t20-,22?,23?,24-,25?,26?,27?,28?,29?,30?,31?,32?,34+,35-/m1/s1. The van der Waals surface area contributed by atoms with E-state index in [1.165, 1.54) is 50.5 Å². The lowest BCUT2D eigenvalue weighted by molar-refractivity contribution is -0.184. The molecule has 4 aliphatic rings. The number of allylic oxidation sites excluding steroid dienone is 1. The molecule has 0 aliphatic heterocycles. The van der Waals surface area contributed by atoms with Crippen molar-refractivity contribution in [2.45, 2.75) is 148 Å². The van der Waals surface area contributed by atoms with Crippen molar-refractivity contribution in [1.82, 2.24) is 0 Å². The van der Waals surface area contributed by atoms with Gasteiger partial charge in [0.15, 0.2) is 6.10 Å². The summed E-state index contributed by atoms with van der Waals surface area (Å²) in [7, 11) is 0. The van der Waals surface area contributed by atoms with Gasteiger partial charge in [-0.15, -0.1) is 0 Å². The normalized spacial score (nSPS) is 38.3. The Kier molecular flexibility index (Phi) is 11.7. The highest BCUT2D eigenvalue weighted by molar-refractivity contribution is 5.75. The van der Waals surface area contributed by atoms with Gasteiger partial charge in [0.2, 0.25) is 0 Å². The number of hydrogen-bond acceptors (Lipinski definition) is 9. The summed E-state index contributed by atoms with van der Waals surface area (Å²) >= 11 is 0. The first-order valence-electron chi connectivity index (χ1n) is 17.2. The van der Waals surface area contributed by atoms with Crippen LogP contribution < -0.4 is 0 Å². The molecular weight excluding hydrogens is 564 g/mol. The third kappa shape index (κ3) is 6.95. The molecule has 10 unspecified atom stereocenters. The van der Waals surface area contributed by atoms with Crippen LogP contribution in [0.1, 0.15) is 105 Å². The Bertz CT molecular complexity index is 1000. The van der Waals surface area contributed by atoms with E-state index < -0.39 is 55.3 Å². The van der Waals surface area contributed by atoms with Crippen molar-refractivity contribution < 1.29 is 45.3 Å². The summed E-state index contributed by atoms with van der Waals surface area (Å²) in [6, 6.07) is 0. The van der Waals surface area contributed by atoms with Crippen LogP contribution in [-0.4, -0.2) is 91.0 Å². The topological polar surface area (TPSA) is 168 Å². The van der Waals surface area contributed by atoms with Crippen LogP contribution in [0.5, 0.6) is 0 Å². The van der Waals surface area contributed by atoms with Crippen LogP contribution in [0.25, 0.3) is 0 Å². The van der Waals surface area contributed by atoms with Crippen molar-refractivity contribution in [3.8, 4) is 0 Å². The molecule has 3 fully saturated rings. The largest absolute Gasteiger partial charge is 0.460 e. The minimum absolute atomic E-state index is 0.0518. The Morgan fingerprint density at radius 1 is 0.886 bits per heavy atom. The SMILES string of the molecule is CC(C)CCC[C@@H](C)[C@H]1CCC2C3CC=C4CC(OC(=O)C(O)C(O)C(O)C(O)C(O)C(O)CO)CC[C@]4(C)C3CC[C@@]21C. The fourth-order valence-electron chi connectivity index (χ4n) is 10.1. The molecule has 0 aromatic heterocycles. The number of esters is 1. The molecule has 0 heterocycles. The van der Waals surface area contributed by atoms with Crippen LogP contribution in [0.4, 0.5) is 0 Å². The summed E-state index contributed by atoms with van der Waals surface area (Å²) in [6.45, 7) is 11.2. The third-order valence-electron chi connectivity index (χ3n) is 12.7. The van der Waals surface area contributed by atoms with Crippen LogP contribution in [-0.2, 0) is 9.53 Å². The second-order valence-corrected chi connectivity index (χ2v) is 15.7. The van der Waals surface area contributed by atoms with E-state index in [9.17, 15) is 35.4 Å². The van der Waals surface area contributed by atoms with Crippen LogP contribution >= 0.6 is 0 Å². The van der Waals surface area contributed by atoms with Gasteiger partial charge in [-0.2, -0.15) is 0 Å². The Morgan fingerprint density at radius 3 is 2.23 bits per heavy atom. The molecule has 0 radical (unpaired) electrons. The van der Waals surface area contributed by atoms with Gasteiger partial charge >= 0.3 is 5.97 Å².